The van der Waals surface area contributed by atoms with Crippen LogP contribution in [0.3, 0.4) is 0 Å². The molecule has 0 bridgehead atoms. The third kappa shape index (κ3) is 5.64. The van der Waals surface area contributed by atoms with Gasteiger partial charge in [-0.15, -0.1) is 0 Å². The SMILES string of the molecule is C=[N+]([O-])C(C)(C)C(=O)C(=O)OC1CC(C)C=C2C=CC(C)C(CCC3CC(=O)CC(C)C3)C21. The summed E-state index contributed by atoms with van der Waals surface area (Å²) in [6.45, 7) is 12.4. The zero-order valence-corrected chi connectivity index (χ0v) is 20.7. The van der Waals surface area contributed by atoms with Crippen LogP contribution in [-0.4, -0.2) is 40.6 Å². The number of hydroxylamine groups is 1. The number of ether oxygens (including phenoxy) is 1. The summed E-state index contributed by atoms with van der Waals surface area (Å²) in [6, 6.07) is 0. The van der Waals surface area contributed by atoms with Gasteiger partial charge in [0, 0.05) is 32.6 Å². The predicted molar refractivity (Wildman–Crippen MR) is 128 cm³/mol. The molecule has 7 atom stereocenters. The van der Waals surface area contributed by atoms with Gasteiger partial charge in [-0.25, -0.2) is 9.53 Å². The van der Waals surface area contributed by atoms with Crippen LogP contribution in [0, 0.1) is 40.7 Å². The van der Waals surface area contributed by atoms with E-state index in [0.717, 1.165) is 24.8 Å². The minimum Gasteiger partial charge on any atom is -0.623 e. The van der Waals surface area contributed by atoms with E-state index in [0.29, 0.717) is 42.8 Å². The average molecular weight is 458 g/mol. The molecule has 7 unspecified atom stereocenters. The van der Waals surface area contributed by atoms with E-state index >= 15 is 0 Å². The lowest BCUT2D eigenvalue weighted by Crippen LogP contribution is -2.48. The van der Waals surface area contributed by atoms with Crippen molar-refractivity contribution >= 4 is 24.3 Å². The molecule has 0 aliphatic heterocycles. The Morgan fingerprint density at radius 1 is 1.18 bits per heavy atom. The fourth-order valence-electron chi connectivity index (χ4n) is 5.95. The summed E-state index contributed by atoms with van der Waals surface area (Å²) >= 11 is 0. The first-order valence-corrected chi connectivity index (χ1v) is 12.3. The van der Waals surface area contributed by atoms with Gasteiger partial charge in [-0.1, -0.05) is 39.0 Å². The number of carbonyl (C=O) groups is 3. The van der Waals surface area contributed by atoms with Crippen molar-refractivity contribution in [2.45, 2.75) is 84.8 Å². The quantitative estimate of drug-likeness (QED) is 0.139. The van der Waals surface area contributed by atoms with Crippen molar-refractivity contribution in [1.82, 2.24) is 0 Å². The minimum absolute atomic E-state index is 0.0147. The first-order valence-electron chi connectivity index (χ1n) is 12.3. The maximum absolute atomic E-state index is 12.8. The summed E-state index contributed by atoms with van der Waals surface area (Å²) in [4.78, 5) is 37.5. The van der Waals surface area contributed by atoms with E-state index in [1.165, 1.54) is 13.8 Å². The smallest absolute Gasteiger partial charge is 0.382 e. The number of Topliss-reactive ketones (excluding diaryl/α,β-unsaturated/α-hetero) is 2. The van der Waals surface area contributed by atoms with Gasteiger partial charge in [0.1, 0.15) is 18.6 Å². The van der Waals surface area contributed by atoms with Crippen molar-refractivity contribution in [2.24, 2.45) is 35.5 Å². The summed E-state index contributed by atoms with van der Waals surface area (Å²) in [5, 5.41) is 11.7. The number of allylic oxidation sites excluding steroid dienone is 3. The van der Waals surface area contributed by atoms with Crippen molar-refractivity contribution in [3.8, 4) is 0 Å². The molecule has 182 valence electrons. The normalized spacial score (nSPS) is 34.3. The van der Waals surface area contributed by atoms with Crippen LogP contribution >= 0.6 is 0 Å². The second-order valence-electron chi connectivity index (χ2n) is 11.2. The van der Waals surface area contributed by atoms with Gasteiger partial charge in [0.25, 0.3) is 0 Å². The molecule has 0 aromatic heterocycles. The Morgan fingerprint density at radius 3 is 2.52 bits per heavy atom. The molecule has 0 aromatic rings. The number of ketones is 2. The molecule has 0 aromatic carbocycles. The maximum Gasteiger partial charge on any atom is 0.382 e. The summed E-state index contributed by atoms with van der Waals surface area (Å²) in [5.41, 5.74) is -0.406. The Balaban J connectivity index is 1.77. The van der Waals surface area contributed by atoms with Gasteiger partial charge < -0.3 is 9.94 Å². The first-order chi connectivity index (χ1) is 15.4. The summed E-state index contributed by atoms with van der Waals surface area (Å²) in [5.74, 6) is 0.205. The Hall–Kier alpha value is -2.24. The molecule has 3 aliphatic carbocycles. The molecule has 0 spiro atoms. The maximum atomic E-state index is 12.8. The molecule has 33 heavy (non-hydrogen) atoms. The Labute approximate surface area is 197 Å². The standard InChI is InChI=1S/C27H39NO5/c1-16-11-19(15-21(29)13-16)8-10-22-18(3)7-9-20-12-17(2)14-23(24(20)22)33-26(31)25(30)27(4,5)28(6)32/h7,9,12,16-19,22-24H,6,8,10-11,13-15H2,1-5H3. The van der Waals surface area contributed by atoms with Crippen molar-refractivity contribution in [3.63, 3.8) is 0 Å². The van der Waals surface area contributed by atoms with Crippen LogP contribution in [0.4, 0.5) is 0 Å². The summed E-state index contributed by atoms with van der Waals surface area (Å²) in [7, 11) is 0. The number of fused-ring (bicyclic) bond motifs is 1. The number of nitrogens with zero attached hydrogens (tertiary/aromatic N) is 1. The van der Waals surface area contributed by atoms with E-state index in [2.05, 4.69) is 45.7 Å². The van der Waals surface area contributed by atoms with Crippen LogP contribution < -0.4 is 0 Å². The van der Waals surface area contributed by atoms with E-state index in [1.807, 2.05) is 0 Å². The summed E-state index contributed by atoms with van der Waals surface area (Å²) in [6.07, 6.45) is 11.2. The van der Waals surface area contributed by atoms with Crippen LogP contribution in [0.2, 0.25) is 0 Å². The third-order valence-corrected chi connectivity index (χ3v) is 7.95. The lowest BCUT2D eigenvalue weighted by molar-refractivity contribution is -0.513. The summed E-state index contributed by atoms with van der Waals surface area (Å²) < 4.78 is 6.08. The third-order valence-electron chi connectivity index (χ3n) is 7.95. The lowest BCUT2D eigenvalue weighted by atomic mass is 9.64. The molecule has 0 amide bonds. The molecule has 3 aliphatic rings. The van der Waals surface area contributed by atoms with E-state index in [1.54, 1.807) is 0 Å². The molecule has 0 radical (unpaired) electrons. The number of hydrogen-bond donors (Lipinski definition) is 0. The Kier molecular flexibility index (Phi) is 7.65. The zero-order valence-electron chi connectivity index (χ0n) is 20.7. The highest BCUT2D eigenvalue weighted by Gasteiger charge is 2.46. The fourth-order valence-corrected chi connectivity index (χ4v) is 5.95. The van der Waals surface area contributed by atoms with Crippen molar-refractivity contribution < 1.29 is 23.9 Å². The molecule has 1 fully saturated rings. The Bertz CT molecular complexity index is 870. The highest BCUT2D eigenvalue weighted by molar-refractivity contribution is 6.36. The van der Waals surface area contributed by atoms with E-state index in [4.69, 9.17) is 4.74 Å². The topological polar surface area (TPSA) is 86.5 Å². The monoisotopic (exact) mass is 457 g/mol. The van der Waals surface area contributed by atoms with E-state index in [9.17, 15) is 19.6 Å². The van der Waals surface area contributed by atoms with Crippen LogP contribution in [0.25, 0.3) is 0 Å². The predicted octanol–water partition coefficient (Wildman–Crippen LogP) is 4.65. The van der Waals surface area contributed by atoms with Crippen molar-refractivity contribution in [3.05, 3.63) is 29.0 Å². The zero-order chi connectivity index (χ0) is 24.5. The molecule has 0 heterocycles. The van der Waals surface area contributed by atoms with Gasteiger partial charge in [-0.05, 0) is 60.8 Å². The van der Waals surface area contributed by atoms with Crippen LogP contribution in [0.1, 0.15) is 73.1 Å². The molecule has 3 rings (SSSR count). The van der Waals surface area contributed by atoms with Gasteiger partial charge in [0.15, 0.2) is 0 Å². The second-order valence-corrected chi connectivity index (χ2v) is 11.2. The van der Waals surface area contributed by atoms with Gasteiger partial charge in [-0.3, -0.25) is 9.59 Å². The van der Waals surface area contributed by atoms with Gasteiger partial charge in [0.05, 0.1) is 0 Å². The largest absolute Gasteiger partial charge is 0.623 e. The van der Waals surface area contributed by atoms with Crippen LogP contribution in [0.15, 0.2) is 23.8 Å². The first kappa shape index (κ1) is 25.4. The molecular formula is C27H39NO5. The van der Waals surface area contributed by atoms with Crippen molar-refractivity contribution in [1.29, 1.82) is 0 Å². The van der Waals surface area contributed by atoms with E-state index < -0.39 is 23.4 Å². The molecule has 0 N–H and O–H groups in total. The van der Waals surface area contributed by atoms with Crippen LogP contribution in [0.5, 0.6) is 0 Å². The number of hydrogen-bond acceptors (Lipinski definition) is 5. The second kappa shape index (κ2) is 9.94. The average Bonchev–Trinajstić information content (AvgIpc) is 2.71. The molecule has 6 nitrogen and oxygen atoms in total. The van der Waals surface area contributed by atoms with Gasteiger partial charge in [0.2, 0.25) is 5.54 Å². The van der Waals surface area contributed by atoms with E-state index in [-0.39, 0.29) is 22.5 Å². The molecule has 0 saturated heterocycles. The number of esters is 1. The number of rotatable bonds is 7. The minimum atomic E-state index is -1.57. The fraction of sp³-hybridized carbons (Fsp3) is 0.704. The highest BCUT2D eigenvalue weighted by Crippen LogP contribution is 2.46. The Morgan fingerprint density at radius 2 is 1.88 bits per heavy atom. The number of carbonyl (C=O) groups excluding carboxylic acids is 3. The highest BCUT2D eigenvalue weighted by atomic mass is 16.6. The van der Waals surface area contributed by atoms with Gasteiger partial charge >= 0.3 is 11.8 Å². The van der Waals surface area contributed by atoms with Crippen LogP contribution in [-0.2, 0) is 19.1 Å². The lowest BCUT2D eigenvalue weighted by Gasteiger charge is -2.43. The molecular weight excluding hydrogens is 418 g/mol. The van der Waals surface area contributed by atoms with Gasteiger partial charge in [-0.2, -0.15) is 0 Å². The van der Waals surface area contributed by atoms with Crippen molar-refractivity contribution in [2.75, 3.05) is 0 Å². The molecule has 1 saturated carbocycles. The molecule has 6 heteroatoms.